The maximum Gasteiger partial charge on any atom is 0.268 e. The molecule has 2 N–H and O–H groups in total. The molecular weight excluding hydrogens is 260 g/mol. The highest BCUT2D eigenvalue weighted by atomic mass is 16.2. The summed E-state index contributed by atoms with van der Waals surface area (Å²) in [6, 6.07) is 18.0. The van der Waals surface area contributed by atoms with Crippen LogP contribution in [0.2, 0.25) is 0 Å². The molecule has 0 bridgehead atoms. The Labute approximate surface area is 123 Å². The third-order valence-electron chi connectivity index (χ3n) is 3.54. The number of hydrogen-bond donors (Lipinski definition) is 1. The van der Waals surface area contributed by atoms with Crippen molar-refractivity contribution in [1.82, 2.24) is 5.01 Å². The zero-order chi connectivity index (χ0) is 14.8. The summed E-state index contributed by atoms with van der Waals surface area (Å²) in [7, 11) is 0. The van der Waals surface area contributed by atoms with E-state index in [1.54, 1.807) is 6.08 Å². The van der Waals surface area contributed by atoms with Crippen molar-refractivity contribution in [2.75, 3.05) is 6.54 Å². The molecule has 0 saturated heterocycles. The SMILES string of the molecule is C=CCN(N)C(=O)c1ccc2cc3ccccc3cc2c1. The van der Waals surface area contributed by atoms with E-state index in [0.717, 1.165) is 21.2 Å². The number of nitrogens with zero attached hydrogens (tertiary/aromatic N) is 1. The number of fused-ring (bicyclic) bond motifs is 2. The molecule has 1 amide bonds. The second-order valence-electron chi connectivity index (χ2n) is 5.01. The first-order valence-electron chi connectivity index (χ1n) is 6.79. The van der Waals surface area contributed by atoms with Crippen molar-refractivity contribution in [2.45, 2.75) is 0 Å². The van der Waals surface area contributed by atoms with Crippen LogP contribution in [0.1, 0.15) is 10.4 Å². The van der Waals surface area contributed by atoms with E-state index in [2.05, 4.69) is 30.8 Å². The number of carbonyl (C=O) groups excluding carboxylic acids is 1. The number of carbonyl (C=O) groups is 1. The minimum atomic E-state index is -0.204. The predicted molar refractivity (Wildman–Crippen MR) is 86.9 cm³/mol. The van der Waals surface area contributed by atoms with Gasteiger partial charge in [-0.3, -0.25) is 9.80 Å². The minimum Gasteiger partial charge on any atom is -0.273 e. The lowest BCUT2D eigenvalue weighted by molar-refractivity contribution is 0.0774. The Kier molecular flexibility index (Phi) is 3.42. The lowest BCUT2D eigenvalue weighted by atomic mass is 10.0. The van der Waals surface area contributed by atoms with Crippen molar-refractivity contribution in [1.29, 1.82) is 0 Å². The molecule has 21 heavy (non-hydrogen) atoms. The Hall–Kier alpha value is -2.65. The molecule has 3 aromatic carbocycles. The van der Waals surface area contributed by atoms with Crippen molar-refractivity contribution in [3.8, 4) is 0 Å². The molecule has 0 aliphatic rings. The first-order valence-corrected chi connectivity index (χ1v) is 6.79. The third kappa shape index (κ3) is 2.51. The van der Waals surface area contributed by atoms with Crippen LogP contribution in [0.25, 0.3) is 21.5 Å². The molecule has 3 rings (SSSR count). The molecule has 0 aliphatic carbocycles. The average Bonchev–Trinajstić information content (AvgIpc) is 2.51. The molecule has 3 nitrogen and oxygen atoms in total. The molecule has 0 radical (unpaired) electrons. The van der Waals surface area contributed by atoms with Gasteiger partial charge in [-0.25, -0.2) is 5.84 Å². The van der Waals surface area contributed by atoms with Crippen LogP contribution < -0.4 is 5.84 Å². The molecule has 0 fully saturated rings. The Bertz CT molecular complexity index is 839. The van der Waals surface area contributed by atoms with Crippen molar-refractivity contribution in [3.05, 3.63) is 72.8 Å². The Balaban J connectivity index is 2.09. The van der Waals surface area contributed by atoms with Crippen LogP contribution >= 0.6 is 0 Å². The van der Waals surface area contributed by atoms with Gasteiger partial charge in [0.1, 0.15) is 0 Å². The molecule has 3 aromatic rings. The third-order valence-corrected chi connectivity index (χ3v) is 3.54. The number of hydrogen-bond acceptors (Lipinski definition) is 2. The van der Waals surface area contributed by atoms with Crippen molar-refractivity contribution < 1.29 is 4.79 Å². The monoisotopic (exact) mass is 276 g/mol. The summed E-state index contributed by atoms with van der Waals surface area (Å²) in [4.78, 5) is 12.2. The summed E-state index contributed by atoms with van der Waals surface area (Å²) in [5, 5.41) is 5.65. The van der Waals surface area contributed by atoms with Crippen LogP contribution in [0.3, 0.4) is 0 Å². The maximum absolute atomic E-state index is 12.2. The molecule has 0 heterocycles. The van der Waals surface area contributed by atoms with Crippen LogP contribution in [-0.4, -0.2) is 17.5 Å². The standard InChI is InChI=1S/C18H16N2O/c1-2-9-20(19)18(21)16-8-7-15-10-13-5-3-4-6-14(13)11-17(15)12-16/h2-8,10-12H,1,9,19H2. The first-order chi connectivity index (χ1) is 10.2. The van der Waals surface area contributed by atoms with Gasteiger partial charge in [-0.1, -0.05) is 36.4 Å². The molecule has 3 heteroatoms. The molecule has 0 saturated carbocycles. The summed E-state index contributed by atoms with van der Waals surface area (Å²) < 4.78 is 0. The molecule has 104 valence electrons. The largest absolute Gasteiger partial charge is 0.273 e. The quantitative estimate of drug-likeness (QED) is 0.262. The second kappa shape index (κ2) is 5.38. The highest BCUT2D eigenvalue weighted by Gasteiger charge is 2.11. The van der Waals surface area contributed by atoms with Gasteiger partial charge in [-0.15, -0.1) is 6.58 Å². The van der Waals surface area contributed by atoms with Crippen LogP contribution in [0.5, 0.6) is 0 Å². The van der Waals surface area contributed by atoms with E-state index < -0.39 is 0 Å². The van der Waals surface area contributed by atoms with E-state index in [9.17, 15) is 4.79 Å². The Morgan fingerprint density at radius 3 is 2.29 bits per heavy atom. The van der Waals surface area contributed by atoms with Gasteiger partial charge in [0.05, 0.1) is 6.54 Å². The minimum absolute atomic E-state index is 0.204. The van der Waals surface area contributed by atoms with E-state index in [-0.39, 0.29) is 5.91 Å². The van der Waals surface area contributed by atoms with Gasteiger partial charge in [0, 0.05) is 5.56 Å². The van der Waals surface area contributed by atoms with Crippen LogP contribution in [0.4, 0.5) is 0 Å². The lowest BCUT2D eigenvalue weighted by Crippen LogP contribution is -2.37. The van der Waals surface area contributed by atoms with Crippen molar-refractivity contribution in [3.63, 3.8) is 0 Å². The fraction of sp³-hybridized carbons (Fsp3) is 0.0556. The van der Waals surface area contributed by atoms with Gasteiger partial charge in [-0.2, -0.15) is 0 Å². The molecular formula is C18H16N2O. The summed E-state index contributed by atoms with van der Waals surface area (Å²) in [5.41, 5.74) is 0.585. The van der Waals surface area contributed by atoms with Gasteiger partial charge < -0.3 is 0 Å². The normalized spacial score (nSPS) is 10.7. The van der Waals surface area contributed by atoms with Gasteiger partial charge in [0.25, 0.3) is 5.91 Å². The van der Waals surface area contributed by atoms with Gasteiger partial charge in [-0.05, 0) is 45.8 Å². The Morgan fingerprint density at radius 2 is 1.62 bits per heavy atom. The number of hydrazine groups is 1. The van der Waals surface area contributed by atoms with E-state index in [1.807, 2.05) is 30.3 Å². The van der Waals surface area contributed by atoms with E-state index in [0.29, 0.717) is 12.1 Å². The van der Waals surface area contributed by atoms with Crippen LogP contribution in [0, 0.1) is 0 Å². The zero-order valence-corrected chi connectivity index (χ0v) is 11.6. The number of benzene rings is 3. The highest BCUT2D eigenvalue weighted by molar-refractivity contribution is 6.02. The molecule has 0 atom stereocenters. The Morgan fingerprint density at radius 1 is 1.00 bits per heavy atom. The second-order valence-corrected chi connectivity index (χ2v) is 5.01. The van der Waals surface area contributed by atoms with E-state index >= 15 is 0 Å². The average molecular weight is 276 g/mol. The maximum atomic E-state index is 12.2. The van der Waals surface area contributed by atoms with Gasteiger partial charge in [0.15, 0.2) is 0 Å². The first kappa shape index (κ1) is 13.3. The predicted octanol–water partition coefficient (Wildman–Crippen LogP) is 3.49. The fourth-order valence-corrected chi connectivity index (χ4v) is 2.46. The fourth-order valence-electron chi connectivity index (χ4n) is 2.46. The number of nitrogens with two attached hydrogens (primary N) is 1. The molecule has 0 aliphatic heterocycles. The van der Waals surface area contributed by atoms with E-state index in [1.165, 1.54) is 5.39 Å². The molecule has 0 spiro atoms. The lowest BCUT2D eigenvalue weighted by Gasteiger charge is -2.14. The van der Waals surface area contributed by atoms with Gasteiger partial charge >= 0.3 is 0 Å². The number of rotatable bonds is 3. The zero-order valence-electron chi connectivity index (χ0n) is 11.6. The summed E-state index contributed by atoms with van der Waals surface area (Å²) >= 11 is 0. The van der Waals surface area contributed by atoms with Gasteiger partial charge in [0.2, 0.25) is 0 Å². The topological polar surface area (TPSA) is 46.3 Å². The van der Waals surface area contributed by atoms with Crippen LogP contribution in [0.15, 0.2) is 67.3 Å². The summed E-state index contributed by atoms with van der Waals surface area (Å²) in [6.45, 7) is 3.91. The molecule has 0 aromatic heterocycles. The summed E-state index contributed by atoms with van der Waals surface area (Å²) in [6.07, 6.45) is 1.60. The highest BCUT2D eigenvalue weighted by Crippen LogP contribution is 2.24. The van der Waals surface area contributed by atoms with Crippen LogP contribution in [-0.2, 0) is 0 Å². The molecule has 0 unspecified atom stereocenters. The van der Waals surface area contributed by atoms with Crippen molar-refractivity contribution in [2.24, 2.45) is 5.84 Å². The summed E-state index contributed by atoms with van der Waals surface area (Å²) in [5.74, 6) is 5.50. The smallest absolute Gasteiger partial charge is 0.268 e. The number of amides is 1. The van der Waals surface area contributed by atoms with Crippen molar-refractivity contribution >= 4 is 27.5 Å². The van der Waals surface area contributed by atoms with E-state index in [4.69, 9.17) is 5.84 Å².